The molecule has 1 aromatic heterocycles. The molecule has 7 heteroatoms. The van der Waals surface area contributed by atoms with Crippen molar-refractivity contribution in [2.75, 3.05) is 13.1 Å². The molecule has 1 amide bonds. The zero-order valence-electron chi connectivity index (χ0n) is 15.9. The van der Waals surface area contributed by atoms with Crippen LogP contribution in [0.3, 0.4) is 0 Å². The highest BCUT2D eigenvalue weighted by Gasteiger charge is 2.27. The van der Waals surface area contributed by atoms with E-state index in [1.165, 1.54) is 0 Å². The third-order valence-corrected chi connectivity index (χ3v) is 5.68. The minimum Gasteiger partial charge on any atom is -0.348 e. The van der Waals surface area contributed by atoms with E-state index < -0.39 is 0 Å². The SMILES string of the molecule is O=C(NCc1cccc(Cl)c1)c1cnn(-c2ccc(Cl)cc2)c1C1CCNCC1. The number of aromatic nitrogens is 2. The van der Waals surface area contributed by atoms with E-state index in [1.807, 2.05) is 53.2 Å². The molecule has 1 fully saturated rings. The van der Waals surface area contributed by atoms with Gasteiger partial charge in [-0.05, 0) is 67.9 Å². The molecule has 0 unspecified atom stereocenters. The Hall–Kier alpha value is -2.34. The highest BCUT2D eigenvalue weighted by atomic mass is 35.5. The number of benzene rings is 2. The Labute approximate surface area is 180 Å². The predicted molar refractivity (Wildman–Crippen MR) is 116 cm³/mol. The lowest BCUT2D eigenvalue weighted by molar-refractivity contribution is 0.0949. The molecule has 1 aliphatic heterocycles. The molecule has 0 radical (unpaired) electrons. The summed E-state index contributed by atoms with van der Waals surface area (Å²) in [6.07, 6.45) is 3.60. The summed E-state index contributed by atoms with van der Waals surface area (Å²) < 4.78 is 1.88. The number of nitrogens with one attached hydrogen (secondary N) is 2. The Balaban J connectivity index is 1.63. The van der Waals surface area contributed by atoms with Crippen molar-refractivity contribution in [1.29, 1.82) is 0 Å². The molecule has 5 nitrogen and oxygen atoms in total. The molecular formula is C22H22Cl2N4O. The Kier molecular flexibility index (Phi) is 6.19. The van der Waals surface area contributed by atoms with Crippen molar-refractivity contribution in [3.63, 3.8) is 0 Å². The summed E-state index contributed by atoms with van der Waals surface area (Å²) in [5.74, 6) is 0.139. The molecule has 0 bridgehead atoms. The minimum absolute atomic E-state index is 0.126. The van der Waals surface area contributed by atoms with Crippen LogP contribution < -0.4 is 10.6 Å². The maximum Gasteiger partial charge on any atom is 0.255 e. The fraction of sp³-hybridized carbons (Fsp3) is 0.273. The van der Waals surface area contributed by atoms with E-state index >= 15 is 0 Å². The number of piperidine rings is 1. The number of amides is 1. The molecule has 4 rings (SSSR count). The molecule has 0 saturated carbocycles. The summed E-state index contributed by atoms with van der Waals surface area (Å²) in [5, 5.41) is 12.3. The Morgan fingerprint density at radius 2 is 1.86 bits per heavy atom. The maximum atomic E-state index is 13.0. The predicted octanol–water partition coefficient (Wildman–Crippen LogP) is 4.58. The maximum absolute atomic E-state index is 13.0. The molecular weight excluding hydrogens is 407 g/mol. The van der Waals surface area contributed by atoms with Gasteiger partial charge in [-0.15, -0.1) is 0 Å². The second-order valence-electron chi connectivity index (χ2n) is 7.17. The van der Waals surface area contributed by atoms with Crippen molar-refractivity contribution in [2.24, 2.45) is 0 Å². The number of carbonyl (C=O) groups is 1. The number of hydrogen-bond donors (Lipinski definition) is 2. The van der Waals surface area contributed by atoms with Crippen molar-refractivity contribution in [1.82, 2.24) is 20.4 Å². The van der Waals surface area contributed by atoms with Crippen LogP contribution in [-0.2, 0) is 6.54 Å². The molecule has 0 atom stereocenters. The molecule has 3 aromatic rings. The lowest BCUT2D eigenvalue weighted by Gasteiger charge is -2.24. The first-order chi connectivity index (χ1) is 14.1. The molecule has 2 N–H and O–H groups in total. The summed E-state index contributed by atoms with van der Waals surface area (Å²) in [6.45, 7) is 2.28. The molecule has 0 spiro atoms. The summed E-state index contributed by atoms with van der Waals surface area (Å²) >= 11 is 12.1. The van der Waals surface area contributed by atoms with Crippen molar-refractivity contribution < 1.29 is 4.79 Å². The second kappa shape index (κ2) is 8.99. The molecule has 0 aliphatic carbocycles. The molecule has 1 aliphatic rings. The van der Waals surface area contributed by atoms with E-state index in [1.54, 1.807) is 6.20 Å². The summed E-state index contributed by atoms with van der Waals surface area (Å²) in [5.41, 5.74) is 3.43. The Bertz CT molecular complexity index is 994. The van der Waals surface area contributed by atoms with Crippen LogP contribution in [0.2, 0.25) is 10.0 Å². The van der Waals surface area contributed by atoms with Crippen LogP contribution in [0.1, 0.15) is 40.4 Å². The van der Waals surface area contributed by atoms with Crippen LogP contribution in [0.4, 0.5) is 0 Å². The van der Waals surface area contributed by atoms with E-state index in [0.29, 0.717) is 22.2 Å². The van der Waals surface area contributed by atoms with Crippen molar-refractivity contribution >= 4 is 29.1 Å². The van der Waals surface area contributed by atoms with Gasteiger partial charge in [-0.25, -0.2) is 4.68 Å². The van der Waals surface area contributed by atoms with Crippen LogP contribution in [0, 0.1) is 0 Å². The number of nitrogens with zero attached hydrogens (tertiary/aromatic N) is 2. The largest absolute Gasteiger partial charge is 0.348 e. The molecule has 29 heavy (non-hydrogen) atoms. The number of rotatable bonds is 5. The van der Waals surface area contributed by atoms with Crippen molar-refractivity contribution in [3.8, 4) is 5.69 Å². The van der Waals surface area contributed by atoms with Gasteiger partial charge in [0.25, 0.3) is 5.91 Å². The smallest absolute Gasteiger partial charge is 0.255 e. The summed E-state index contributed by atoms with van der Waals surface area (Å²) in [7, 11) is 0. The molecule has 150 valence electrons. The van der Waals surface area contributed by atoms with Gasteiger partial charge in [0, 0.05) is 22.5 Å². The normalized spacial score (nSPS) is 14.7. The van der Waals surface area contributed by atoms with Crippen molar-refractivity contribution in [2.45, 2.75) is 25.3 Å². The third kappa shape index (κ3) is 4.64. The zero-order chi connectivity index (χ0) is 20.2. The van der Waals surface area contributed by atoms with Gasteiger partial charge >= 0.3 is 0 Å². The number of carbonyl (C=O) groups excluding carboxylic acids is 1. The highest BCUT2D eigenvalue weighted by molar-refractivity contribution is 6.30. The monoisotopic (exact) mass is 428 g/mol. The highest BCUT2D eigenvalue weighted by Crippen LogP contribution is 2.30. The van der Waals surface area contributed by atoms with E-state index in [4.69, 9.17) is 23.2 Å². The quantitative estimate of drug-likeness (QED) is 0.625. The van der Waals surface area contributed by atoms with Crippen LogP contribution in [0.15, 0.2) is 54.7 Å². The second-order valence-corrected chi connectivity index (χ2v) is 8.04. The molecule has 1 saturated heterocycles. The Morgan fingerprint density at radius 1 is 1.10 bits per heavy atom. The lowest BCUT2D eigenvalue weighted by atomic mass is 9.91. The number of hydrogen-bond acceptors (Lipinski definition) is 3. The lowest BCUT2D eigenvalue weighted by Crippen LogP contribution is -2.30. The van der Waals surface area contributed by atoms with Gasteiger partial charge in [0.2, 0.25) is 0 Å². The minimum atomic E-state index is -0.126. The fourth-order valence-electron chi connectivity index (χ4n) is 3.73. The first kappa shape index (κ1) is 20.0. The van der Waals surface area contributed by atoms with Crippen LogP contribution in [-0.4, -0.2) is 28.8 Å². The van der Waals surface area contributed by atoms with Gasteiger partial charge in [0.15, 0.2) is 0 Å². The van der Waals surface area contributed by atoms with Crippen LogP contribution >= 0.6 is 23.2 Å². The van der Waals surface area contributed by atoms with Crippen LogP contribution in [0.25, 0.3) is 5.69 Å². The van der Waals surface area contributed by atoms with Gasteiger partial charge < -0.3 is 10.6 Å². The van der Waals surface area contributed by atoms with E-state index in [9.17, 15) is 4.79 Å². The zero-order valence-corrected chi connectivity index (χ0v) is 17.4. The van der Waals surface area contributed by atoms with Crippen molar-refractivity contribution in [3.05, 3.63) is 81.6 Å². The van der Waals surface area contributed by atoms with Gasteiger partial charge in [0.05, 0.1) is 23.1 Å². The van der Waals surface area contributed by atoms with Crippen LogP contribution in [0.5, 0.6) is 0 Å². The van der Waals surface area contributed by atoms with Gasteiger partial charge in [-0.1, -0.05) is 35.3 Å². The topological polar surface area (TPSA) is 59.0 Å². The fourth-order valence-corrected chi connectivity index (χ4v) is 4.07. The number of halogens is 2. The summed E-state index contributed by atoms with van der Waals surface area (Å²) in [6, 6.07) is 15.0. The van der Waals surface area contributed by atoms with E-state index in [2.05, 4.69) is 15.7 Å². The molecule has 2 heterocycles. The third-order valence-electron chi connectivity index (χ3n) is 5.19. The van der Waals surface area contributed by atoms with E-state index in [-0.39, 0.29) is 11.8 Å². The standard InChI is InChI=1S/C22H22Cl2N4O/c23-17-4-6-19(7-5-17)28-21(16-8-10-25-11-9-16)20(14-27-28)22(29)26-13-15-2-1-3-18(24)12-15/h1-7,12,14,16,25H,8-11,13H2,(H,26,29). The van der Waals surface area contributed by atoms with E-state index in [0.717, 1.165) is 42.9 Å². The first-order valence-corrected chi connectivity index (χ1v) is 10.4. The van der Waals surface area contributed by atoms with Gasteiger partial charge in [-0.3, -0.25) is 4.79 Å². The summed E-state index contributed by atoms with van der Waals surface area (Å²) in [4.78, 5) is 13.0. The molecule has 2 aromatic carbocycles. The Morgan fingerprint density at radius 3 is 2.59 bits per heavy atom. The van der Waals surface area contributed by atoms with Gasteiger partial charge in [0.1, 0.15) is 0 Å². The first-order valence-electron chi connectivity index (χ1n) is 9.69. The van der Waals surface area contributed by atoms with Gasteiger partial charge in [-0.2, -0.15) is 5.10 Å². The average molecular weight is 429 g/mol. The average Bonchev–Trinajstić information content (AvgIpc) is 3.18.